The Kier molecular flexibility index (Phi) is 5.40. The summed E-state index contributed by atoms with van der Waals surface area (Å²) in [4.78, 5) is 22.5. The van der Waals surface area contributed by atoms with Gasteiger partial charge in [-0.25, -0.2) is 4.98 Å². The van der Waals surface area contributed by atoms with Crippen LogP contribution in [0.1, 0.15) is 42.6 Å². The number of carbonyl (C=O) groups is 1. The number of benzene rings is 1. The average molecular weight is 463 g/mol. The van der Waals surface area contributed by atoms with Crippen molar-refractivity contribution in [2.24, 2.45) is 17.8 Å². The molecule has 2 N–H and O–H groups in total. The molecule has 4 bridgehead atoms. The van der Waals surface area contributed by atoms with Crippen molar-refractivity contribution in [1.29, 1.82) is 0 Å². The molecule has 0 spiro atoms. The van der Waals surface area contributed by atoms with Crippen LogP contribution < -0.4 is 19.9 Å². The molecule has 7 heteroatoms. The van der Waals surface area contributed by atoms with Crippen molar-refractivity contribution in [2.75, 3.05) is 43.1 Å². The number of aromatic nitrogens is 1. The number of aliphatic hydroxyl groups is 1. The van der Waals surface area contributed by atoms with Crippen LogP contribution >= 0.6 is 0 Å². The van der Waals surface area contributed by atoms with Gasteiger partial charge in [-0.2, -0.15) is 0 Å². The number of nitrogens with zero attached hydrogens (tertiary/aromatic N) is 3. The summed E-state index contributed by atoms with van der Waals surface area (Å²) in [7, 11) is 1.68. The second-order valence-electron chi connectivity index (χ2n) is 10.7. The molecule has 4 saturated carbocycles. The number of nitrogens with one attached hydrogen (secondary N) is 1. The number of anilines is 2. The highest BCUT2D eigenvalue weighted by Crippen LogP contribution is 2.55. The Balaban J connectivity index is 1.09. The maximum Gasteiger partial charge on any atom is 0.270 e. The summed E-state index contributed by atoms with van der Waals surface area (Å²) >= 11 is 0. The quantitative estimate of drug-likeness (QED) is 0.711. The Morgan fingerprint density at radius 3 is 2.32 bits per heavy atom. The van der Waals surface area contributed by atoms with Gasteiger partial charge in [-0.15, -0.1) is 0 Å². The zero-order valence-corrected chi connectivity index (χ0v) is 19.8. The lowest BCUT2D eigenvalue weighted by Crippen LogP contribution is -2.61. The minimum absolute atomic E-state index is 0.0804. The first-order valence-electron chi connectivity index (χ1n) is 12.6. The van der Waals surface area contributed by atoms with Crippen molar-refractivity contribution in [1.82, 2.24) is 10.3 Å². The molecule has 5 fully saturated rings. The lowest BCUT2D eigenvalue weighted by Gasteiger charge is -2.58. The molecule has 7 nitrogen and oxygen atoms in total. The summed E-state index contributed by atoms with van der Waals surface area (Å²) in [6, 6.07) is 14.1. The molecule has 2 atom stereocenters. The van der Waals surface area contributed by atoms with Crippen LogP contribution in [0.25, 0.3) is 0 Å². The third kappa shape index (κ3) is 4.00. The van der Waals surface area contributed by atoms with Gasteiger partial charge < -0.3 is 25.0 Å². The predicted octanol–water partition coefficient (Wildman–Crippen LogP) is 3.09. The standard InChI is InChI=1S/C27H34N4O3/c1-34-22-7-5-21(6-8-22)30-9-11-31(12-10-30)24-4-2-3-23(28-24)26(32)29-25-19-13-18-14-20(25)17-27(33,15-18)16-19/h2-8,18-20,25,33H,9-17H2,1H3,(H,29,32)/t18?,19?,20?,25-,27-. The number of pyridine rings is 1. The number of methoxy groups -OCH3 is 1. The van der Waals surface area contributed by atoms with E-state index in [-0.39, 0.29) is 11.9 Å². The Bertz CT molecular complexity index is 1030. The van der Waals surface area contributed by atoms with Gasteiger partial charge in [0.25, 0.3) is 5.91 Å². The van der Waals surface area contributed by atoms with Crippen LogP contribution in [0, 0.1) is 17.8 Å². The van der Waals surface area contributed by atoms with E-state index in [4.69, 9.17) is 9.72 Å². The second kappa shape index (κ2) is 8.45. The highest BCUT2D eigenvalue weighted by molar-refractivity contribution is 5.93. The van der Waals surface area contributed by atoms with Crippen LogP contribution in [0.4, 0.5) is 11.5 Å². The van der Waals surface area contributed by atoms with E-state index in [2.05, 4.69) is 27.2 Å². The molecule has 2 aromatic rings. The number of carbonyl (C=O) groups excluding carboxylic acids is 1. The molecule has 1 aromatic heterocycles. The molecule has 1 saturated heterocycles. The van der Waals surface area contributed by atoms with Gasteiger partial charge in [0.2, 0.25) is 0 Å². The maximum absolute atomic E-state index is 13.2. The van der Waals surface area contributed by atoms with Crippen molar-refractivity contribution >= 4 is 17.4 Å². The maximum atomic E-state index is 13.2. The molecule has 1 aliphatic heterocycles. The van der Waals surface area contributed by atoms with Crippen LogP contribution in [0.2, 0.25) is 0 Å². The number of hydrogen-bond donors (Lipinski definition) is 2. The fourth-order valence-corrected chi connectivity index (χ4v) is 7.16. The monoisotopic (exact) mass is 462 g/mol. The zero-order chi connectivity index (χ0) is 23.3. The van der Waals surface area contributed by atoms with E-state index in [1.807, 2.05) is 30.3 Å². The highest BCUT2D eigenvalue weighted by Gasteiger charge is 2.55. The van der Waals surface area contributed by atoms with E-state index in [1.54, 1.807) is 7.11 Å². The van der Waals surface area contributed by atoms with Gasteiger partial charge in [-0.1, -0.05) is 6.07 Å². The lowest BCUT2D eigenvalue weighted by molar-refractivity contribution is -0.136. The molecule has 2 heterocycles. The van der Waals surface area contributed by atoms with Crippen LogP contribution in [-0.4, -0.2) is 60.9 Å². The van der Waals surface area contributed by atoms with Gasteiger partial charge in [0.05, 0.1) is 12.7 Å². The Morgan fingerprint density at radius 2 is 1.68 bits per heavy atom. The van der Waals surface area contributed by atoms with Crippen LogP contribution in [0.15, 0.2) is 42.5 Å². The third-order valence-electron chi connectivity index (χ3n) is 8.55. The number of rotatable bonds is 5. The number of ether oxygens (including phenoxy) is 1. The van der Waals surface area contributed by atoms with E-state index in [0.29, 0.717) is 23.4 Å². The summed E-state index contributed by atoms with van der Waals surface area (Å²) in [6.07, 6.45) is 4.88. The van der Waals surface area contributed by atoms with Crippen LogP contribution in [0.3, 0.4) is 0 Å². The van der Waals surface area contributed by atoms with E-state index in [1.165, 1.54) is 5.69 Å². The molecule has 7 rings (SSSR count). The molecule has 1 amide bonds. The average Bonchev–Trinajstić information content (AvgIpc) is 2.85. The summed E-state index contributed by atoms with van der Waals surface area (Å²) in [5, 5.41) is 14.1. The largest absolute Gasteiger partial charge is 0.497 e. The first kappa shape index (κ1) is 21.7. The van der Waals surface area contributed by atoms with Gasteiger partial charge in [0.15, 0.2) is 0 Å². The van der Waals surface area contributed by atoms with E-state index >= 15 is 0 Å². The molecule has 2 unspecified atom stereocenters. The van der Waals surface area contributed by atoms with Crippen molar-refractivity contribution < 1.29 is 14.6 Å². The first-order valence-corrected chi connectivity index (χ1v) is 12.6. The highest BCUT2D eigenvalue weighted by atomic mass is 16.5. The molecule has 180 valence electrons. The minimum Gasteiger partial charge on any atom is -0.497 e. The first-order chi connectivity index (χ1) is 16.5. The van der Waals surface area contributed by atoms with Gasteiger partial charge in [0, 0.05) is 37.9 Å². The van der Waals surface area contributed by atoms with Crippen molar-refractivity contribution in [2.45, 2.75) is 43.7 Å². The normalized spacial score (nSPS) is 32.1. The van der Waals surface area contributed by atoms with E-state index in [0.717, 1.165) is 69.9 Å². The summed E-state index contributed by atoms with van der Waals surface area (Å²) < 4.78 is 5.26. The predicted molar refractivity (Wildman–Crippen MR) is 131 cm³/mol. The fraction of sp³-hybridized carbons (Fsp3) is 0.556. The molecule has 4 aliphatic carbocycles. The zero-order valence-electron chi connectivity index (χ0n) is 19.8. The molecule has 34 heavy (non-hydrogen) atoms. The van der Waals surface area contributed by atoms with Crippen LogP contribution in [0.5, 0.6) is 5.75 Å². The van der Waals surface area contributed by atoms with Crippen LogP contribution in [-0.2, 0) is 0 Å². The van der Waals surface area contributed by atoms with Gasteiger partial charge in [0.1, 0.15) is 17.3 Å². The minimum atomic E-state index is -0.482. The van der Waals surface area contributed by atoms with E-state index in [9.17, 15) is 9.90 Å². The Labute approximate surface area is 201 Å². The number of hydrogen-bond acceptors (Lipinski definition) is 6. The van der Waals surface area contributed by atoms with Crippen molar-refractivity contribution in [3.8, 4) is 5.75 Å². The summed E-state index contributed by atoms with van der Waals surface area (Å²) in [5.74, 6) is 3.08. The molecule has 0 radical (unpaired) electrons. The fourth-order valence-electron chi connectivity index (χ4n) is 7.16. The Hall–Kier alpha value is -2.80. The van der Waals surface area contributed by atoms with Gasteiger partial charge in [-0.3, -0.25) is 4.79 Å². The second-order valence-corrected chi connectivity index (χ2v) is 10.7. The lowest BCUT2D eigenvalue weighted by atomic mass is 9.52. The third-order valence-corrected chi connectivity index (χ3v) is 8.55. The van der Waals surface area contributed by atoms with E-state index < -0.39 is 5.60 Å². The van der Waals surface area contributed by atoms with Gasteiger partial charge in [-0.05, 0) is 86.3 Å². The summed E-state index contributed by atoms with van der Waals surface area (Å²) in [6.45, 7) is 3.52. The number of piperazine rings is 1. The molecule has 5 aliphatic rings. The topological polar surface area (TPSA) is 77.9 Å². The number of amides is 1. The summed E-state index contributed by atoms with van der Waals surface area (Å²) in [5.41, 5.74) is 1.20. The molecule has 1 aromatic carbocycles. The van der Waals surface area contributed by atoms with Gasteiger partial charge >= 0.3 is 0 Å². The smallest absolute Gasteiger partial charge is 0.270 e. The van der Waals surface area contributed by atoms with Crippen molar-refractivity contribution in [3.05, 3.63) is 48.2 Å². The SMILES string of the molecule is COc1ccc(N2CCN(c3cccc(C(=O)N[C@H]4C5CC6CC4C[C@](O)(C6)C5)n3)CC2)cc1. The Morgan fingerprint density at radius 1 is 1.00 bits per heavy atom. The van der Waals surface area contributed by atoms with Crippen molar-refractivity contribution in [3.63, 3.8) is 0 Å². The molecular weight excluding hydrogens is 428 g/mol. The molecular formula is C27H34N4O3.